The van der Waals surface area contributed by atoms with Gasteiger partial charge in [-0.25, -0.2) is 0 Å². The number of hydrogen-bond acceptors (Lipinski definition) is 3. The molecular weight excluding hydrogens is 300 g/mol. The van der Waals surface area contributed by atoms with Gasteiger partial charge in [0.25, 0.3) is 0 Å². The summed E-state index contributed by atoms with van der Waals surface area (Å²) in [6.07, 6.45) is 2.79. The van der Waals surface area contributed by atoms with Crippen LogP contribution >= 0.6 is 0 Å². The van der Waals surface area contributed by atoms with E-state index in [0.717, 1.165) is 5.56 Å². The van der Waals surface area contributed by atoms with Crippen molar-refractivity contribution >= 4 is 11.6 Å². The molecule has 0 bridgehead atoms. The van der Waals surface area contributed by atoms with Crippen LogP contribution in [-0.4, -0.2) is 16.7 Å². The summed E-state index contributed by atoms with van der Waals surface area (Å²) in [6.45, 7) is 1.60. The molecule has 120 valence electrons. The maximum absolute atomic E-state index is 12.5. The molecule has 0 amide bonds. The van der Waals surface area contributed by atoms with Crippen LogP contribution in [0.5, 0.6) is 0 Å². The smallest absolute Gasteiger partial charge is 0.185 e. The zero-order valence-corrected chi connectivity index (χ0v) is 13.4. The van der Waals surface area contributed by atoms with Crippen molar-refractivity contribution < 1.29 is 14.7 Å². The summed E-state index contributed by atoms with van der Waals surface area (Å²) in [5, 5.41) is 11.5. The first-order valence-electron chi connectivity index (χ1n) is 7.82. The molecule has 1 aliphatic rings. The molecule has 0 heterocycles. The predicted octanol–water partition coefficient (Wildman–Crippen LogP) is 3.14. The van der Waals surface area contributed by atoms with E-state index < -0.39 is 5.60 Å². The number of ketones is 2. The zero-order valence-electron chi connectivity index (χ0n) is 13.4. The SMILES string of the molecule is CC1=CC(=O)C(C(O)(Cc2ccccc2)c2ccccc2)=CC1=O. The Balaban J connectivity index is 2.11. The van der Waals surface area contributed by atoms with E-state index in [9.17, 15) is 14.7 Å². The minimum atomic E-state index is -1.55. The largest absolute Gasteiger partial charge is 0.380 e. The third-order valence-corrected chi connectivity index (χ3v) is 4.28. The van der Waals surface area contributed by atoms with Gasteiger partial charge in [0, 0.05) is 17.6 Å². The normalized spacial score (nSPS) is 17.1. The fourth-order valence-electron chi connectivity index (χ4n) is 2.94. The topological polar surface area (TPSA) is 54.4 Å². The second-order valence-corrected chi connectivity index (χ2v) is 6.00. The molecule has 2 aromatic carbocycles. The Morgan fingerprint density at radius 3 is 2.04 bits per heavy atom. The lowest BCUT2D eigenvalue weighted by molar-refractivity contribution is -0.117. The molecule has 1 atom stereocenters. The van der Waals surface area contributed by atoms with E-state index in [1.807, 2.05) is 48.5 Å². The number of aliphatic hydroxyl groups is 1. The molecule has 1 unspecified atom stereocenters. The predicted molar refractivity (Wildman–Crippen MR) is 92.3 cm³/mol. The Hall–Kier alpha value is -2.78. The number of allylic oxidation sites excluding steroid dienone is 3. The Labute approximate surface area is 141 Å². The molecule has 0 radical (unpaired) electrons. The highest BCUT2D eigenvalue weighted by Gasteiger charge is 2.39. The molecule has 0 fully saturated rings. The number of carbonyl (C=O) groups excluding carboxylic acids is 2. The standard InChI is InChI=1S/C21H18O3/c1-15-12-20(23)18(13-19(15)22)21(24,17-10-6-3-7-11-17)14-16-8-4-2-5-9-16/h2-13,24H,14H2,1H3. The van der Waals surface area contributed by atoms with Crippen molar-refractivity contribution in [1.29, 1.82) is 0 Å². The van der Waals surface area contributed by atoms with Gasteiger partial charge in [0.05, 0.1) is 0 Å². The fourth-order valence-corrected chi connectivity index (χ4v) is 2.94. The van der Waals surface area contributed by atoms with Gasteiger partial charge in [-0.3, -0.25) is 9.59 Å². The Bertz CT molecular complexity index is 832. The minimum absolute atomic E-state index is 0.119. The highest BCUT2D eigenvalue weighted by atomic mass is 16.3. The van der Waals surface area contributed by atoms with Crippen LogP contribution in [0.3, 0.4) is 0 Å². The molecule has 0 aliphatic heterocycles. The first kappa shape index (κ1) is 16.1. The summed E-state index contributed by atoms with van der Waals surface area (Å²) in [5.41, 5.74) is 0.435. The minimum Gasteiger partial charge on any atom is -0.380 e. The van der Waals surface area contributed by atoms with Gasteiger partial charge in [-0.2, -0.15) is 0 Å². The average molecular weight is 318 g/mol. The molecular formula is C21H18O3. The van der Waals surface area contributed by atoms with Crippen LogP contribution in [0.25, 0.3) is 0 Å². The molecule has 3 nitrogen and oxygen atoms in total. The summed E-state index contributed by atoms with van der Waals surface area (Å²) in [4.78, 5) is 24.6. The highest BCUT2D eigenvalue weighted by molar-refractivity contribution is 6.20. The maximum Gasteiger partial charge on any atom is 0.185 e. The molecule has 0 spiro atoms. The van der Waals surface area contributed by atoms with Crippen molar-refractivity contribution in [2.24, 2.45) is 0 Å². The summed E-state index contributed by atoms with van der Waals surface area (Å²) in [7, 11) is 0. The highest BCUT2D eigenvalue weighted by Crippen LogP contribution is 2.35. The third kappa shape index (κ3) is 2.99. The van der Waals surface area contributed by atoms with Crippen molar-refractivity contribution in [1.82, 2.24) is 0 Å². The lowest BCUT2D eigenvalue weighted by atomic mass is 9.76. The van der Waals surface area contributed by atoms with Gasteiger partial charge >= 0.3 is 0 Å². The van der Waals surface area contributed by atoms with Gasteiger partial charge in [-0.1, -0.05) is 60.7 Å². The number of carbonyl (C=O) groups is 2. The van der Waals surface area contributed by atoms with Gasteiger partial charge in [0.15, 0.2) is 11.6 Å². The number of hydrogen-bond donors (Lipinski definition) is 1. The van der Waals surface area contributed by atoms with Crippen molar-refractivity contribution in [2.75, 3.05) is 0 Å². The van der Waals surface area contributed by atoms with Crippen LogP contribution in [0.1, 0.15) is 18.1 Å². The second-order valence-electron chi connectivity index (χ2n) is 6.00. The average Bonchev–Trinajstić information content (AvgIpc) is 2.59. The number of benzene rings is 2. The van der Waals surface area contributed by atoms with Crippen molar-refractivity contribution in [3.8, 4) is 0 Å². The Kier molecular flexibility index (Phi) is 4.28. The van der Waals surface area contributed by atoms with Crippen LogP contribution in [-0.2, 0) is 21.6 Å². The van der Waals surface area contributed by atoms with Crippen LogP contribution in [0.4, 0.5) is 0 Å². The van der Waals surface area contributed by atoms with Gasteiger partial charge in [0.2, 0.25) is 0 Å². The van der Waals surface area contributed by atoms with E-state index in [2.05, 4.69) is 0 Å². The van der Waals surface area contributed by atoms with E-state index in [0.29, 0.717) is 11.1 Å². The van der Waals surface area contributed by atoms with E-state index >= 15 is 0 Å². The van der Waals surface area contributed by atoms with Gasteiger partial charge in [-0.15, -0.1) is 0 Å². The van der Waals surface area contributed by atoms with Crippen molar-refractivity contribution in [3.05, 3.63) is 95.1 Å². The van der Waals surface area contributed by atoms with Crippen molar-refractivity contribution in [2.45, 2.75) is 18.9 Å². The fraction of sp³-hybridized carbons (Fsp3) is 0.143. The molecule has 1 N–H and O–H groups in total. The third-order valence-electron chi connectivity index (χ3n) is 4.28. The molecule has 0 saturated carbocycles. The number of rotatable bonds is 4. The summed E-state index contributed by atoms with van der Waals surface area (Å²) >= 11 is 0. The zero-order chi connectivity index (χ0) is 17.2. The Morgan fingerprint density at radius 2 is 1.42 bits per heavy atom. The first-order chi connectivity index (χ1) is 11.5. The summed E-state index contributed by atoms with van der Waals surface area (Å²) < 4.78 is 0. The van der Waals surface area contributed by atoms with Crippen LogP contribution in [0, 0.1) is 0 Å². The van der Waals surface area contributed by atoms with Gasteiger partial charge in [-0.05, 0) is 30.2 Å². The molecule has 3 heteroatoms. The lowest BCUT2D eigenvalue weighted by Gasteiger charge is -2.31. The van der Waals surface area contributed by atoms with E-state index in [1.165, 1.54) is 12.2 Å². The second kappa shape index (κ2) is 6.38. The Morgan fingerprint density at radius 1 is 0.833 bits per heavy atom. The first-order valence-corrected chi connectivity index (χ1v) is 7.82. The summed E-state index contributed by atoms with van der Waals surface area (Å²) in [5.74, 6) is -0.568. The molecule has 2 aromatic rings. The van der Waals surface area contributed by atoms with Crippen LogP contribution < -0.4 is 0 Å². The van der Waals surface area contributed by atoms with E-state index in [4.69, 9.17) is 0 Å². The quantitative estimate of drug-likeness (QED) is 0.881. The van der Waals surface area contributed by atoms with Crippen LogP contribution in [0.15, 0.2) is 84.0 Å². The molecule has 24 heavy (non-hydrogen) atoms. The molecule has 0 saturated heterocycles. The van der Waals surface area contributed by atoms with E-state index in [1.54, 1.807) is 19.1 Å². The van der Waals surface area contributed by atoms with Gasteiger partial charge in [0.1, 0.15) is 5.60 Å². The van der Waals surface area contributed by atoms with E-state index in [-0.39, 0.29) is 23.6 Å². The monoisotopic (exact) mass is 318 g/mol. The lowest BCUT2D eigenvalue weighted by Crippen LogP contribution is -2.36. The van der Waals surface area contributed by atoms with Crippen molar-refractivity contribution in [3.63, 3.8) is 0 Å². The molecule has 1 aliphatic carbocycles. The van der Waals surface area contributed by atoms with Crippen LogP contribution in [0.2, 0.25) is 0 Å². The molecule has 3 rings (SSSR count). The maximum atomic E-state index is 12.5. The van der Waals surface area contributed by atoms with Gasteiger partial charge < -0.3 is 5.11 Å². The molecule has 0 aromatic heterocycles. The summed E-state index contributed by atoms with van der Waals surface area (Å²) in [6, 6.07) is 18.4.